The van der Waals surface area contributed by atoms with E-state index in [9.17, 15) is 14.3 Å². The van der Waals surface area contributed by atoms with Gasteiger partial charge in [-0.1, -0.05) is 13.0 Å². The highest BCUT2D eigenvalue weighted by molar-refractivity contribution is 5.94. The summed E-state index contributed by atoms with van der Waals surface area (Å²) in [5, 5.41) is 23.9. The minimum atomic E-state index is -0.628. The van der Waals surface area contributed by atoms with Crippen LogP contribution in [0.1, 0.15) is 35.3 Å². The van der Waals surface area contributed by atoms with Gasteiger partial charge in [0.05, 0.1) is 22.9 Å². The van der Waals surface area contributed by atoms with E-state index >= 15 is 0 Å². The van der Waals surface area contributed by atoms with E-state index in [-0.39, 0.29) is 22.9 Å². The molecule has 0 aliphatic carbocycles. The van der Waals surface area contributed by atoms with Gasteiger partial charge in [0, 0.05) is 31.9 Å². The second-order valence-corrected chi connectivity index (χ2v) is 8.14. The third-order valence-electron chi connectivity index (χ3n) is 6.21. The van der Waals surface area contributed by atoms with E-state index in [0.717, 1.165) is 13.1 Å². The van der Waals surface area contributed by atoms with Crippen molar-refractivity contribution in [3.63, 3.8) is 0 Å². The number of hydrogen-bond acceptors (Lipinski definition) is 6. The molecule has 0 unspecified atom stereocenters. The second-order valence-electron chi connectivity index (χ2n) is 8.14. The lowest BCUT2D eigenvalue weighted by Gasteiger charge is -2.39. The number of amides is 1. The summed E-state index contributed by atoms with van der Waals surface area (Å²) in [7, 11) is 0. The quantitative estimate of drug-likeness (QED) is 0.659. The lowest BCUT2D eigenvalue weighted by Crippen LogP contribution is -2.53. The summed E-state index contributed by atoms with van der Waals surface area (Å²) in [6, 6.07) is 8.32. The van der Waals surface area contributed by atoms with E-state index in [1.165, 1.54) is 23.1 Å². The zero-order valence-electron chi connectivity index (χ0n) is 18.8. The molecule has 0 bridgehead atoms. The summed E-state index contributed by atoms with van der Waals surface area (Å²) >= 11 is 0. The lowest BCUT2D eigenvalue weighted by atomic mass is 10.00. The molecule has 1 aromatic carbocycles. The molecule has 1 saturated heterocycles. The highest BCUT2D eigenvalue weighted by Gasteiger charge is 2.26. The van der Waals surface area contributed by atoms with Gasteiger partial charge in [-0.2, -0.15) is 15.0 Å². The Hall–Kier alpha value is -3.77. The monoisotopic (exact) mass is 448 g/mol. The normalized spacial score (nSPS) is 16.6. The van der Waals surface area contributed by atoms with Gasteiger partial charge in [0.2, 0.25) is 5.88 Å². The Morgan fingerprint density at radius 3 is 2.67 bits per heavy atom. The third-order valence-corrected chi connectivity index (χ3v) is 6.21. The van der Waals surface area contributed by atoms with Crippen LogP contribution in [0.4, 0.5) is 4.39 Å². The van der Waals surface area contributed by atoms with Crippen LogP contribution in [0.3, 0.4) is 0 Å². The number of nitrogens with zero attached hydrogens (tertiary/aromatic N) is 6. The number of hydrogen-bond donors (Lipinski definition) is 1. The van der Waals surface area contributed by atoms with E-state index in [1.54, 1.807) is 31.2 Å². The van der Waals surface area contributed by atoms with E-state index in [0.29, 0.717) is 41.6 Å². The number of rotatable bonds is 4. The maximum atomic E-state index is 14.4. The Labute approximate surface area is 191 Å². The number of aromatic hydroxyl groups is 1. The summed E-state index contributed by atoms with van der Waals surface area (Å²) < 4.78 is 15.6. The van der Waals surface area contributed by atoms with E-state index in [1.807, 2.05) is 4.90 Å². The molecule has 9 heteroatoms. The summed E-state index contributed by atoms with van der Waals surface area (Å²) in [5.74, 6) is -0.590. The summed E-state index contributed by atoms with van der Waals surface area (Å²) in [5.41, 5.74) is 1.40. The van der Waals surface area contributed by atoms with Crippen molar-refractivity contribution in [2.45, 2.75) is 26.8 Å². The van der Waals surface area contributed by atoms with Gasteiger partial charge < -0.3 is 10.0 Å². The van der Waals surface area contributed by atoms with Gasteiger partial charge in [0.25, 0.3) is 5.91 Å². The highest BCUT2D eigenvalue weighted by Crippen LogP contribution is 2.34. The predicted octanol–water partition coefficient (Wildman–Crippen LogP) is 3.13. The topological polar surface area (TPSA) is 98.3 Å². The molecule has 1 amide bonds. The average Bonchev–Trinajstić information content (AvgIpc) is 3.21. The maximum absolute atomic E-state index is 14.4. The summed E-state index contributed by atoms with van der Waals surface area (Å²) in [6.45, 7) is 8.91. The minimum absolute atomic E-state index is 0.0597. The Bertz CT molecular complexity index is 1230. The number of benzene rings is 1. The SMILES string of the molecule is CCN1CCN(C(=O)c2ccc(-n3ncc(-c4ccc(C#N)c(F)c4C)c3O)nc2)C[C@H]1C. The zero-order chi connectivity index (χ0) is 23.7. The van der Waals surface area contributed by atoms with Crippen molar-refractivity contribution in [1.82, 2.24) is 24.6 Å². The Kier molecular flexibility index (Phi) is 6.11. The van der Waals surface area contributed by atoms with Gasteiger partial charge in [-0.15, -0.1) is 0 Å². The van der Waals surface area contributed by atoms with Crippen LogP contribution >= 0.6 is 0 Å². The Balaban J connectivity index is 1.56. The second kappa shape index (κ2) is 9.00. The average molecular weight is 449 g/mol. The molecule has 2 aromatic heterocycles. The molecule has 0 spiro atoms. The number of nitriles is 1. The first-order valence-electron chi connectivity index (χ1n) is 10.8. The molecule has 1 N–H and O–H groups in total. The molecule has 1 atom stereocenters. The minimum Gasteiger partial charge on any atom is -0.493 e. The first kappa shape index (κ1) is 22.4. The van der Waals surface area contributed by atoms with Crippen LogP contribution in [0.25, 0.3) is 16.9 Å². The maximum Gasteiger partial charge on any atom is 0.255 e. The smallest absolute Gasteiger partial charge is 0.255 e. The van der Waals surface area contributed by atoms with Crippen molar-refractivity contribution in [2.75, 3.05) is 26.2 Å². The molecule has 3 heterocycles. The molecule has 1 aliphatic rings. The van der Waals surface area contributed by atoms with Gasteiger partial charge in [0.1, 0.15) is 11.9 Å². The first-order valence-corrected chi connectivity index (χ1v) is 10.8. The standard InChI is InChI=1S/C24H25FN6O2/c1-4-29-9-10-30(14-15(29)2)23(32)18-6-8-21(27-12-18)31-24(33)20(13-28-31)19-7-5-17(11-26)22(25)16(19)3/h5-8,12-13,15,33H,4,9-10,14H2,1-3H3/t15-/m1/s1. The van der Waals surface area contributed by atoms with Crippen molar-refractivity contribution < 1.29 is 14.3 Å². The van der Waals surface area contributed by atoms with Gasteiger partial charge in [-0.3, -0.25) is 9.69 Å². The fourth-order valence-electron chi connectivity index (χ4n) is 4.23. The Morgan fingerprint density at radius 2 is 2.03 bits per heavy atom. The van der Waals surface area contributed by atoms with Gasteiger partial charge in [-0.05, 0) is 49.7 Å². The first-order chi connectivity index (χ1) is 15.8. The molecule has 8 nitrogen and oxygen atoms in total. The molecular formula is C24H25FN6O2. The molecule has 0 saturated carbocycles. The van der Waals surface area contributed by atoms with E-state index < -0.39 is 5.82 Å². The van der Waals surface area contributed by atoms with Crippen LogP contribution in [0.2, 0.25) is 0 Å². The number of likely N-dealkylation sites (N-methyl/N-ethyl adjacent to an activating group) is 1. The summed E-state index contributed by atoms with van der Waals surface area (Å²) in [4.78, 5) is 21.4. The predicted molar refractivity (Wildman–Crippen MR) is 120 cm³/mol. The highest BCUT2D eigenvalue weighted by atomic mass is 19.1. The van der Waals surface area contributed by atoms with Gasteiger partial charge >= 0.3 is 0 Å². The number of carbonyl (C=O) groups excluding carboxylic acids is 1. The van der Waals surface area contributed by atoms with E-state index in [2.05, 4.69) is 28.8 Å². The molecule has 170 valence electrons. The number of pyridine rings is 1. The number of halogens is 1. The third kappa shape index (κ3) is 4.05. The summed E-state index contributed by atoms with van der Waals surface area (Å²) in [6.07, 6.45) is 2.89. The van der Waals surface area contributed by atoms with Crippen molar-refractivity contribution >= 4 is 5.91 Å². The molecule has 33 heavy (non-hydrogen) atoms. The lowest BCUT2D eigenvalue weighted by molar-refractivity contribution is 0.0528. The van der Waals surface area contributed by atoms with E-state index in [4.69, 9.17) is 5.26 Å². The van der Waals surface area contributed by atoms with Crippen LogP contribution < -0.4 is 0 Å². The molecule has 1 aliphatic heterocycles. The fourth-order valence-corrected chi connectivity index (χ4v) is 4.23. The van der Waals surface area contributed by atoms with Crippen molar-refractivity contribution in [2.24, 2.45) is 0 Å². The van der Waals surface area contributed by atoms with Crippen molar-refractivity contribution in [1.29, 1.82) is 5.26 Å². The molecular weight excluding hydrogens is 423 g/mol. The zero-order valence-corrected chi connectivity index (χ0v) is 18.8. The van der Waals surface area contributed by atoms with Gasteiger partial charge in [0.15, 0.2) is 5.82 Å². The fraction of sp³-hybridized carbons (Fsp3) is 0.333. The molecule has 3 aromatic rings. The number of aromatic nitrogens is 3. The van der Waals surface area contributed by atoms with Crippen molar-refractivity contribution in [3.8, 4) is 28.9 Å². The van der Waals surface area contributed by atoms with Crippen LogP contribution in [-0.4, -0.2) is 67.8 Å². The van der Waals surface area contributed by atoms with Crippen LogP contribution in [0, 0.1) is 24.1 Å². The van der Waals surface area contributed by atoms with Crippen LogP contribution in [0.15, 0.2) is 36.7 Å². The van der Waals surface area contributed by atoms with Crippen LogP contribution in [0.5, 0.6) is 5.88 Å². The largest absolute Gasteiger partial charge is 0.493 e. The van der Waals surface area contributed by atoms with Crippen molar-refractivity contribution in [3.05, 3.63) is 59.2 Å². The number of carbonyl (C=O) groups is 1. The Morgan fingerprint density at radius 1 is 1.24 bits per heavy atom. The molecule has 4 rings (SSSR count). The molecule has 0 radical (unpaired) electrons. The van der Waals surface area contributed by atoms with Crippen LogP contribution in [-0.2, 0) is 0 Å². The van der Waals surface area contributed by atoms with Gasteiger partial charge in [-0.25, -0.2) is 9.37 Å². The number of piperazine rings is 1. The molecule has 1 fully saturated rings.